The first-order chi connectivity index (χ1) is 23.8. The first-order valence-electron chi connectivity index (χ1n) is 16.3. The summed E-state index contributed by atoms with van der Waals surface area (Å²) in [6.45, 7) is 0. The van der Waals surface area contributed by atoms with Gasteiger partial charge in [-0.3, -0.25) is 0 Å². The van der Waals surface area contributed by atoms with Crippen molar-refractivity contribution >= 4 is 49.8 Å². The Kier molecular flexibility index (Phi) is 5.84. The number of para-hydroxylation sites is 6. The zero-order valence-corrected chi connectivity index (χ0v) is 26.0. The number of fused-ring (bicyclic) bond motifs is 7. The molecule has 0 bridgehead atoms. The van der Waals surface area contributed by atoms with Crippen LogP contribution in [0, 0.1) is 0 Å². The molecule has 0 spiro atoms. The van der Waals surface area contributed by atoms with E-state index in [0.717, 1.165) is 39.9 Å². The van der Waals surface area contributed by atoms with Crippen LogP contribution in [-0.2, 0) is 0 Å². The average Bonchev–Trinajstić information content (AvgIpc) is 3.71. The maximum Gasteiger partial charge on any atom is 0.151 e. The van der Waals surface area contributed by atoms with Gasteiger partial charge in [-0.1, -0.05) is 97.1 Å². The molecule has 0 N–H and O–H groups in total. The van der Waals surface area contributed by atoms with Crippen molar-refractivity contribution in [2.75, 3.05) is 4.90 Å². The molecule has 0 unspecified atom stereocenters. The largest absolute Gasteiger partial charge is 0.453 e. The molecular weight excluding hydrogens is 587 g/mol. The molecule has 3 heterocycles. The van der Waals surface area contributed by atoms with Crippen molar-refractivity contribution in [3.05, 3.63) is 176 Å². The third-order valence-electron chi connectivity index (χ3n) is 9.50. The maximum absolute atomic E-state index is 6.28. The summed E-state index contributed by atoms with van der Waals surface area (Å²) in [5.41, 5.74) is 11.3. The van der Waals surface area contributed by atoms with E-state index in [0.29, 0.717) is 0 Å². The Balaban J connectivity index is 1.21. The summed E-state index contributed by atoms with van der Waals surface area (Å²) in [6.07, 6.45) is 0. The summed E-state index contributed by atoms with van der Waals surface area (Å²) < 4.78 is 11.1. The van der Waals surface area contributed by atoms with Gasteiger partial charge in [0.2, 0.25) is 0 Å². The normalized spacial score (nSPS) is 12.3. The van der Waals surface area contributed by atoms with Crippen LogP contribution in [0.5, 0.6) is 11.5 Å². The number of ether oxygens (including phenoxy) is 1. The fourth-order valence-corrected chi connectivity index (χ4v) is 7.42. The van der Waals surface area contributed by atoms with Gasteiger partial charge in [-0.2, -0.15) is 0 Å². The topological polar surface area (TPSA) is 22.3 Å². The molecule has 7 aromatic carbocycles. The van der Waals surface area contributed by atoms with Gasteiger partial charge in [0, 0.05) is 33.2 Å². The molecule has 2 aromatic heterocycles. The molecule has 0 atom stereocenters. The standard InChI is InChI=1S/C44H29N3O/c1-3-13-30(14-4-1)41-29-36-38(45(41)31-15-5-2-6-16-31)28-27-35-34-17-7-8-18-37(34)47(44(35)36)33-25-23-32(24-26-33)46-39-19-9-11-21-42(39)48-43-22-12-10-20-40(43)46/h1-29H. The summed E-state index contributed by atoms with van der Waals surface area (Å²) >= 11 is 0. The third kappa shape index (κ3) is 3.96. The lowest BCUT2D eigenvalue weighted by Gasteiger charge is -2.32. The van der Waals surface area contributed by atoms with E-state index in [1.807, 2.05) is 24.3 Å². The summed E-state index contributed by atoms with van der Waals surface area (Å²) in [7, 11) is 0. The zero-order chi connectivity index (χ0) is 31.6. The molecule has 0 radical (unpaired) electrons. The van der Waals surface area contributed by atoms with Crippen LogP contribution in [0.25, 0.3) is 55.3 Å². The second-order valence-electron chi connectivity index (χ2n) is 12.2. The Morgan fingerprint density at radius 1 is 0.375 bits per heavy atom. The van der Waals surface area contributed by atoms with Crippen LogP contribution < -0.4 is 9.64 Å². The number of rotatable bonds is 4. The van der Waals surface area contributed by atoms with Crippen molar-refractivity contribution in [2.45, 2.75) is 0 Å². The molecular formula is C44H29N3O. The van der Waals surface area contributed by atoms with Crippen LogP contribution in [-0.4, -0.2) is 9.13 Å². The Labute approximate surface area is 277 Å². The lowest BCUT2D eigenvalue weighted by atomic mass is 10.1. The van der Waals surface area contributed by atoms with Crippen molar-refractivity contribution in [1.29, 1.82) is 0 Å². The summed E-state index contributed by atoms with van der Waals surface area (Å²) in [4.78, 5) is 2.29. The molecule has 0 amide bonds. The van der Waals surface area contributed by atoms with Gasteiger partial charge in [0.1, 0.15) is 0 Å². The molecule has 0 saturated heterocycles. The van der Waals surface area contributed by atoms with Gasteiger partial charge >= 0.3 is 0 Å². The van der Waals surface area contributed by atoms with Crippen LogP contribution in [0.2, 0.25) is 0 Å². The number of nitrogens with zero attached hydrogens (tertiary/aromatic N) is 3. The summed E-state index contributed by atoms with van der Waals surface area (Å²) in [5.74, 6) is 1.70. The first-order valence-corrected chi connectivity index (χ1v) is 16.3. The lowest BCUT2D eigenvalue weighted by molar-refractivity contribution is 0.477. The smallest absolute Gasteiger partial charge is 0.151 e. The van der Waals surface area contributed by atoms with E-state index in [2.05, 4.69) is 166 Å². The van der Waals surface area contributed by atoms with Gasteiger partial charge in [0.05, 0.1) is 33.6 Å². The van der Waals surface area contributed by atoms with Crippen LogP contribution in [0.1, 0.15) is 0 Å². The van der Waals surface area contributed by atoms with Gasteiger partial charge in [0.15, 0.2) is 11.5 Å². The minimum absolute atomic E-state index is 0.849. The maximum atomic E-state index is 6.28. The van der Waals surface area contributed by atoms with E-state index < -0.39 is 0 Å². The fraction of sp³-hybridized carbons (Fsp3) is 0. The second kappa shape index (κ2) is 10.5. The highest BCUT2D eigenvalue weighted by molar-refractivity contribution is 6.19. The van der Waals surface area contributed by atoms with E-state index in [-0.39, 0.29) is 0 Å². The highest BCUT2D eigenvalue weighted by Gasteiger charge is 2.26. The molecule has 9 aromatic rings. The Morgan fingerprint density at radius 3 is 1.67 bits per heavy atom. The first kappa shape index (κ1) is 26.7. The van der Waals surface area contributed by atoms with Gasteiger partial charge in [0.25, 0.3) is 0 Å². The fourth-order valence-electron chi connectivity index (χ4n) is 7.42. The SMILES string of the molecule is c1ccc(-c2cc3c(ccc4c5ccccc5n(-c5ccc(N6c7ccccc7Oc7ccccc76)cc5)c43)n2-c2ccccc2)cc1. The van der Waals surface area contributed by atoms with Crippen molar-refractivity contribution in [3.8, 4) is 34.1 Å². The predicted octanol–water partition coefficient (Wildman–Crippen LogP) is 12.0. The number of benzene rings is 7. The van der Waals surface area contributed by atoms with Gasteiger partial charge in [-0.15, -0.1) is 0 Å². The van der Waals surface area contributed by atoms with E-state index >= 15 is 0 Å². The second-order valence-corrected chi connectivity index (χ2v) is 12.2. The molecule has 4 nitrogen and oxygen atoms in total. The zero-order valence-electron chi connectivity index (χ0n) is 26.0. The number of hydrogen-bond donors (Lipinski definition) is 0. The molecule has 0 aliphatic carbocycles. The van der Waals surface area contributed by atoms with Crippen molar-refractivity contribution in [2.24, 2.45) is 0 Å². The van der Waals surface area contributed by atoms with Gasteiger partial charge in [-0.25, -0.2) is 0 Å². The van der Waals surface area contributed by atoms with Gasteiger partial charge in [-0.05, 0) is 84.4 Å². The Bertz CT molecular complexity index is 2590. The third-order valence-corrected chi connectivity index (χ3v) is 9.50. The molecule has 1 aliphatic rings. The molecule has 226 valence electrons. The molecule has 10 rings (SSSR count). The van der Waals surface area contributed by atoms with E-state index in [4.69, 9.17) is 4.74 Å². The Hall–Kier alpha value is -6.52. The number of aromatic nitrogens is 2. The molecule has 0 saturated carbocycles. The van der Waals surface area contributed by atoms with Crippen LogP contribution >= 0.6 is 0 Å². The van der Waals surface area contributed by atoms with Crippen LogP contribution in [0.3, 0.4) is 0 Å². The monoisotopic (exact) mass is 615 g/mol. The number of anilines is 3. The summed E-state index contributed by atoms with van der Waals surface area (Å²) in [5, 5.41) is 3.69. The summed E-state index contributed by atoms with van der Waals surface area (Å²) in [6, 6.07) is 62.4. The Morgan fingerprint density at radius 2 is 0.938 bits per heavy atom. The van der Waals surface area contributed by atoms with E-state index in [1.165, 1.54) is 44.0 Å². The average molecular weight is 616 g/mol. The van der Waals surface area contributed by atoms with Gasteiger partial charge < -0.3 is 18.8 Å². The lowest BCUT2D eigenvalue weighted by Crippen LogP contribution is -2.15. The molecule has 48 heavy (non-hydrogen) atoms. The molecule has 1 aliphatic heterocycles. The minimum atomic E-state index is 0.849. The van der Waals surface area contributed by atoms with E-state index in [9.17, 15) is 0 Å². The van der Waals surface area contributed by atoms with Crippen molar-refractivity contribution in [1.82, 2.24) is 9.13 Å². The quantitative estimate of drug-likeness (QED) is 0.197. The number of hydrogen-bond acceptors (Lipinski definition) is 2. The van der Waals surface area contributed by atoms with Crippen molar-refractivity contribution < 1.29 is 4.74 Å². The molecule has 0 fully saturated rings. The van der Waals surface area contributed by atoms with Crippen molar-refractivity contribution in [3.63, 3.8) is 0 Å². The van der Waals surface area contributed by atoms with Crippen LogP contribution in [0.4, 0.5) is 17.1 Å². The molecule has 4 heteroatoms. The highest BCUT2D eigenvalue weighted by atomic mass is 16.5. The predicted molar refractivity (Wildman–Crippen MR) is 198 cm³/mol. The van der Waals surface area contributed by atoms with E-state index in [1.54, 1.807) is 0 Å². The minimum Gasteiger partial charge on any atom is -0.453 e. The van der Waals surface area contributed by atoms with Crippen LogP contribution in [0.15, 0.2) is 176 Å². The highest BCUT2D eigenvalue weighted by Crippen LogP contribution is 2.50.